The van der Waals surface area contributed by atoms with Crippen LogP contribution in [-0.4, -0.2) is 20.2 Å². The number of rotatable bonds is 3. The standard InChI is InChI=1S/C14H10N4O2/c1-9(19)10-3-5-11(6-4-10)12-13(17-20)18-8-2-7-15-14(18)16-12/h2-8H,1H3. The SMILES string of the molecule is CC(=O)c1ccc(-c2nc3ncccn3c2N=O)cc1. The van der Waals surface area contributed by atoms with Gasteiger partial charge in [0.15, 0.2) is 5.78 Å². The third-order valence-electron chi connectivity index (χ3n) is 3.03. The van der Waals surface area contributed by atoms with Crippen molar-refractivity contribution in [1.29, 1.82) is 0 Å². The van der Waals surface area contributed by atoms with Crippen LogP contribution in [0.4, 0.5) is 5.82 Å². The zero-order chi connectivity index (χ0) is 14.1. The van der Waals surface area contributed by atoms with Gasteiger partial charge < -0.3 is 0 Å². The van der Waals surface area contributed by atoms with Crippen molar-refractivity contribution in [2.24, 2.45) is 5.18 Å². The van der Waals surface area contributed by atoms with Crippen LogP contribution >= 0.6 is 0 Å². The maximum Gasteiger partial charge on any atom is 0.236 e. The summed E-state index contributed by atoms with van der Waals surface area (Å²) < 4.78 is 1.53. The Kier molecular flexibility index (Phi) is 2.83. The summed E-state index contributed by atoms with van der Waals surface area (Å²) in [5.41, 5.74) is 1.78. The Hall–Kier alpha value is -2.89. The minimum atomic E-state index is -0.0121. The number of imidazole rings is 1. The molecule has 0 saturated heterocycles. The second-order valence-electron chi connectivity index (χ2n) is 4.30. The lowest BCUT2D eigenvalue weighted by Gasteiger charge is -1.99. The van der Waals surface area contributed by atoms with Crippen LogP contribution in [0.2, 0.25) is 0 Å². The van der Waals surface area contributed by atoms with Crippen molar-refractivity contribution < 1.29 is 4.79 Å². The first-order chi connectivity index (χ1) is 9.70. The van der Waals surface area contributed by atoms with E-state index < -0.39 is 0 Å². The number of Topliss-reactive ketones (excluding diaryl/α,β-unsaturated/α-hetero) is 1. The second-order valence-corrected chi connectivity index (χ2v) is 4.30. The maximum absolute atomic E-state index is 11.3. The molecule has 6 nitrogen and oxygen atoms in total. The van der Waals surface area contributed by atoms with E-state index in [4.69, 9.17) is 0 Å². The molecule has 0 bridgehead atoms. The molecule has 0 aliphatic carbocycles. The van der Waals surface area contributed by atoms with Crippen LogP contribution in [0, 0.1) is 4.91 Å². The molecule has 2 heterocycles. The maximum atomic E-state index is 11.3. The molecule has 2 aromatic heterocycles. The molecule has 3 aromatic rings. The molecular formula is C14H10N4O2. The van der Waals surface area contributed by atoms with Gasteiger partial charge in [0, 0.05) is 23.5 Å². The van der Waals surface area contributed by atoms with E-state index in [1.54, 1.807) is 42.7 Å². The smallest absolute Gasteiger partial charge is 0.236 e. The van der Waals surface area contributed by atoms with Crippen molar-refractivity contribution in [3.8, 4) is 11.3 Å². The van der Waals surface area contributed by atoms with Gasteiger partial charge >= 0.3 is 0 Å². The lowest BCUT2D eigenvalue weighted by molar-refractivity contribution is 0.101. The Morgan fingerprint density at radius 2 is 2.00 bits per heavy atom. The number of benzene rings is 1. The van der Waals surface area contributed by atoms with Crippen LogP contribution < -0.4 is 0 Å². The van der Waals surface area contributed by atoms with E-state index in [-0.39, 0.29) is 11.6 Å². The lowest BCUT2D eigenvalue weighted by atomic mass is 10.1. The van der Waals surface area contributed by atoms with E-state index in [0.717, 1.165) is 5.56 Å². The fourth-order valence-electron chi connectivity index (χ4n) is 2.02. The minimum Gasteiger partial charge on any atom is -0.295 e. The fraction of sp³-hybridized carbons (Fsp3) is 0.0714. The summed E-state index contributed by atoms with van der Waals surface area (Å²) in [7, 11) is 0. The van der Waals surface area contributed by atoms with Gasteiger partial charge in [0.2, 0.25) is 11.6 Å². The highest BCUT2D eigenvalue weighted by molar-refractivity contribution is 5.94. The van der Waals surface area contributed by atoms with Gasteiger partial charge in [-0.2, -0.15) is 0 Å². The van der Waals surface area contributed by atoms with Crippen molar-refractivity contribution >= 4 is 17.4 Å². The summed E-state index contributed by atoms with van der Waals surface area (Å²) >= 11 is 0. The van der Waals surface area contributed by atoms with Crippen LogP contribution in [0.15, 0.2) is 47.9 Å². The predicted molar refractivity (Wildman–Crippen MR) is 73.9 cm³/mol. The van der Waals surface area contributed by atoms with E-state index in [0.29, 0.717) is 17.0 Å². The molecule has 98 valence electrons. The Bertz CT molecular complexity index is 806. The Balaban J connectivity index is 2.18. The van der Waals surface area contributed by atoms with Gasteiger partial charge in [-0.3, -0.25) is 9.20 Å². The highest BCUT2D eigenvalue weighted by atomic mass is 16.3. The molecule has 20 heavy (non-hydrogen) atoms. The topological polar surface area (TPSA) is 76.7 Å². The van der Waals surface area contributed by atoms with Gasteiger partial charge in [0.1, 0.15) is 5.69 Å². The molecule has 6 heteroatoms. The van der Waals surface area contributed by atoms with E-state index >= 15 is 0 Å². The monoisotopic (exact) mass is 266 g/mol. The lowest BCUT2D eigenvalue weighted by Crippen LogP contribution is -1.90. The zero-order valence-corrected chi connectivity index (χ0v) is 10.6. The number of carbonyl (C=O) groups is 1. The van der Waals surface area contributed by atoms with E-state index in [2.05, 4.69) is 15.1 Å². The molecule has 0 N–H and O–H groups in total. The summed E-state index contributed by atoms with van der Waals surface area (Å²) in [6, 6.07) is 8.58. The van der Waals surface area contributed by atoms with Crippen LogP contribution in [0.5, 0.6) is 0 Å². The summed E-state index contributed by atoms with van der Waals surface area (Å²) in [5, 5.41) is 3.04. The third kappa shape index (κ3) is 1.87. The molecule has 0 aliphatic rings. The quantitative estimate of drug-likeness (QED) is 0.539. The average molecular weight is 266 g/mol. The van der Waals surface area contributed by atoms with E-state index in [1.165, 1.54) is 11.3 Å². The average Bonchev–Trinajstić information content (AvgIpc) is 2.85. The normalized spacial score (nSPS) is 10.7. The van der Waals surface area contributed by atoms with Gasteiger partial charge in [-0.1, -0.05) is 24.3 Å². The van der Waals surface area contributed by atoms with E-state index in [9.17, 15) is 9.70 Å². The Morgan fingerprint density at radius 1 is 1.25 bits per heavy atom. The first-order valence-corrected chi connectivity index (χ1v) is 5.98. The molecule has 0 saturated carbocycles. The minimum absolute atomic E-state index is 0.0121. The molecule has 0 amide bonds. The highest BCUT2D eigenvalue weighted by Crippen LogP contribution is 2.30. The summed E-state index contributed by atoms with van der Waals surface area (Å²) in [4.78, 5) is 30.7. The van der Waals surface area contributed by atoms with Gasteiger partial charge in [-0.25, -0.2) is 9.97 Å². The second kappa shape index (κ2) is 4.65. The molecule has 3 rings (SSSR count). The zero-order valence-electron chi connectivity index (χ0n) is 10.6. The molecule has 0 spiro atoms. The number of aromatic nitrogens is 3. The van der Waals surface area contributed by atoms with Gasteiger partial charge in [0.25, 0.3) is 0 Å². The third-order valence-corrected chi connectivity index (χ3v) is 3.03. The largest absolute Gasteiger partial charge is 0.295 e. The summed E-state index contributed by atoms with van der Waals surface area (Å²) in [5.74, 6) is 0.596. The van der Waals surface area contributed by atoms with Gasteiger partial charge in [-0.15, -0.1) is 4.91 Å². The molecular weight excluding hydrogens is 256 g/mol. The van der Waals surface area contributed by atoms with Crippen molar-refractivity contribution in [2.75, 3.05) is 0 Å². The number of hydrogen-bond acceptors (Lipinski definition) is 5. The highest BCUT2D eigenvalue weighted by Gasteiger charge is 2.15. The molecule has 0 unspecified atom stereocenters. The van der Waals surface area contributed by atoms with Crippen LogP contribution in [0.3, 0.4) is 0 Å². The molecule has 1 aromatic carbocycles. The fourth-order valence-corrected chi connectivity index (χ4v) is 2.02. The Labute approximate surface area is 114 Å². The van der Waals surface area contributed by atoms with Crippen molar-refractivity contribution in [2.45, 2.75) is 6.92 Å². The number of ketones is 1. The first-order valence-electron chi connectivity index (χ1n) is 5.98. The van der Waals surface area contributed by atoms with Gasteiger partial charge in [0.05, 0.1) is 0 Å². The molecule has 0 fully saturated rings. The summed E-state index contributed by atoms with van der Waals surface area (Å²) in [6.07, 6.45) is 3.28. The number of carbonyl (C=O) groups excluding carboxylic acids is 1. The molecule has 0 atom stereocenters. The summed E-state index contributed by atoms with van der Waals surface area (Å²) in [6.45, 7) is 1.50. The number of nitrogens with zero attached hydrogens (tertiary/aromatic N) is 4. The Morgan fingerprint density at radius 3 is 2.65 bits per heavy atom. The molecule has 0 radical (unpaired) electrons. The van der Waals surface area contributed by atoms with Crippen LogP contribution in [0.25, 0.3) is 17.0 Å². The van der Waals surface area contributed by atoms with Gasteiger partial charge in [-0.05, 0) is 18.2 Å². The van der Waals surface area contributed by atoms with Crippen molar-refractivity contribution in [3.63, 3.8) is 0 Å². The number of hydrogen-bond donors (Lipinski definition) is 0. The molecule has 0 aliphatic heterocycles. The van der Waals surface area contributed by atoms with E-state index in [1.807, 2.05) is 0 Å². The van der Waals surface area contributed by atoms with Crippen LogP contribution in [-0.2, 0) is 0 Å². The number of nitroso groups, excluding NO2 is 1. The predicted octanol–water partition coefficient (Wildman–Crippen LogP) is 3.00. The van der Waals surface area contributed by atoms with Crippen molar-refractivity contribution in [1.82, 2.24) is 14.4 Å². The van der Waals surface area contributed by atoms with Crippen molar-refractivity contribution in [3.05, 3.63) is 53.2 Å². The van der Waals surface area contributed by atoms with Crippen LogP contribution in [0.1, 0.15) is 17.3 Å². The number of fused-ring (bicyclic) bond motifs is 1. The first kappa shape index (κ1) is 12.2.